The SMILES string of the molecule is CCC1(COC(=O)c2cccc(C(=O)Oc3ccc4ccc(OC(=O)c5cccc(C(=O)OCC6(CC)COC6)c5)cc4c3)c2)COC1. The topological polar surface area (TPSA) is 124 Å². The lowest BCUT2D eigenvalue weighted by molar-refractivity contribution is -0.140. The lowest BCUT2D eigenvalue weighted by Crippen LogP contribution is -2.46. The quantitative estimate of drug-likeness (QED) is 0.125. The Bertz CT molecular complexity index is 1710. The van der Waals surface area contributed by atoms with Crippen molar-refractivity contribution in [3.63, 3.8) is 0 Å². The molecule has 2 heterocycles. The maximum absolute atomic E-state index is 13.0. The van der Waals surface area contributed by atoms with E-state index in [9.17, 15) is 19.2 Å². The molecule has 2 fully saturated rings. The van der Waals surface area contributed by atoms with Gasteiger partial charge in [-0.3, -0.25) is 0 Å². The predicted octanol–water partition coefficient (Wildman–Crippen LogP) is 6.45. The van der Waals surface area contributed by atoms with Crippen LogP contribution in [0.1, 0.15) is 68.1 Å². The molecule has 2 saturated heterocycles. The number of hydrogen-bond acceptors (Lipinski definition) is 10. The fourth-order valence-corrected chi connectivity index (χ4v) is 5.37. The van der Waals surface area contributed by atoms with E-state index in [-0.39, 0.29) is 57.8 Å². The van der Waals surface area contributed by atoms with Crippen molar-refractivity contribution in [2.24, 2.45) is 10.8 Å². The van der Waals surface area contributed by atoms with E-state index in [2.05, 4.69) is 0 Å². The summed E-state index contributed by atoms with van der Waals surface area (Å²) in [6.45, 7) is 6.79. The Morgan fingerprint density at radius 1 is 0.542 bits per heavy atom. The Hall–Kier alpha value is -5.06. The number of ether oxygens (including phenoxy) is 6. The zero-order valence-corrected chi connectivity index (χ0v) is 26.8. The van der Waals surface area contributed by atoms with Crippen molar-refractivity contribution in [3.8, 4) is 11.5 Å². The number of fused-ring (bicyclic) bond motifs is 1. The number of rotatable bonds is 12. The normalized spacial score (nSPS) is 15.8. The van der Waals surface area contributed by atoms with Crippen LogP contribution in [0.2, 0.25) is 0 Å². The fourth-order valence-electron chi connectivity index (χ4n) is 5.37. The molecule has 2 aliphatic heterocycles. The van der Waals surface area contributed by atoms with Crippen LogP contribution in [0.3, 0.4) is 0 Å². The average Bonchev–Trinajstić information content (AvgIpc) is 3.07. The Balaban J connectivity index is 1.08. The van der Waals surface area contributed by atoms with E-state index in [0.717, 1.165) is 18.2 Å². The van der Waals surface area contributed by atoms with E-state index in [1.165, 1.54) is 12.1 Å². The van der Waals surface area contributed by atoms with Gasteiger partial charge < -0.3 is 28.4 Å². The summed E-state index contributed by atoms with van der Waals surface area (Å²) in [5.74, 6) is -1.80. The molecule has 0 bridgehead atoms. The molecule has 0 radical (unpaired) electrons. The largest absolute Gasteiger partial charge is 0.461 e. The van der Waals surface area contributed by atoms with Crippen molar-refractivity contribution in [3.05, 3.63) is 107 Å². The van der Waals surface area contributed by atoms with Gasteiger partial charge >= 0.3 is 23.9 Å². The van der Waals surface area contributed by atoms with Crippen LogP contribution < -0.4 is 9.47 Å². The van der Waals surface area contributed by atoms with Crippen LogP contribution >= 0.6 is 0 Å². The lowest BCUT2D eigenvalue weighted by Gasteiger charge is -2.39. The second-order valence-electron chi connectivity index (χ2n) is 12.5. The second kappa shape index (κ2) is 14.0. The minimum atomic E-state index is -0.645. The summed E-state index contributed by atoms with van der Waals surface area (Å²) in [5.41, 5.74) is 0.583. The number of hydrogen-bond donors (Lipinski definition) is 0. The monoisotopic (exact) mass is 652 g/mol. The standard InChI is InChI=1S/C38H36O10/c1-3-37(19-43-20-37)23-45-33(39)26-7-5-9-28(15-26)35(41)47-31-13-11-25-12-14-32(18-30(25)17-31)48-36(42)29-10-6-8-27(16-29)34(40)46-24-38(4-2)21-44-22-38/h5-18H,3-4,19-24H2,1-2H3. The van der Waals surface area contributed by atoms with Crippen molar-refractivity contribution in [1.29, 1.82) is 0 Å². The molecule has 248 valence electrons. The Morgan fingerprint density at radius 2 is 0.938 bits per heavy atom. The summed E-state index contributed by atoms with van der Waals surface area (Å²) >= 11 is 0. The molecule has 0 amide bonds. The Morgan fingerprint density at radius 3 is 1.29 bits per heavy atom. The van der Waals surface area contributed by atoms with Crippen LogP contribution in [0.15, 0.2) is 84.9 Å². The van der Waals surface area contributed by atoms with Gasteiger partial charge in [0.15, 0.2) is 0 Å². The van der Waals surface area contributed by atoms with Crippen molar-refractivity contribution >= 4 is 34.6 Å². The predicted molar refractivity (Wildman–Crippen MR) is 174 cm³/mol. The maximum atomic E-state index is 13.0. The molecule has 0 aromatic heterocycles. The lowest BCUT2D eigenvalue weighted by atomic mass is 9.84. The summed E-state index contributed by atoms with van der Waals surface area (Å²) in [7, 11) is 0. The molecule has 0 saturated carbocycles. The van der Waals surface area contributed by atoms with Crippen LogP contribution in [0.25, 0.3) is 10.8 Å². The zero-order chi connectivity index (χ0) is 33.7. The molecule has 0 atom stereocenters. The third-order valence-corrected chi connectivity index (χ3v) is 9.02. The molecule has 0 unspecified atom stereocenters. The van der Waals surface area contributed by atoms with Gasteiger partial charge in [-0.15, -0.1) is 0 Å². The van der Waals surface area contributed by atoms with Gasteiger partial charge in [0.1, 0.15) is 24.7 Å². The van der Waals surface area contributed by atoms with Crippen molar-refractivity contribution in [2.45, 2.75) is 26.7 Å². The van der Waals surface area contributed by atoms with Gasteiger partial charge in [0, 0.05) is 0 Å². The highest BCUT2D eigenvalue weighted by molar-refractivity contribution is 5.98. The second-order valence-corrected chi connectivity index (χ2v) is 12.5. The molecule has 10 heteroatoms. The van der Waals surface area contributed by atoms with Crippen LogP contribution in [0.4, 0.5) is 0 Å². The van der Waals surface area contributed by atoms with E-state index in [1.54, 1.807) is 72.8 Å². The van der Waals surface area contributed by atoms with E-state index in [1.807, 2.05) is 13.8 Å². The highest BCUT2D eigenvalue weighted by Crippen LogP contribution is 2.33. The van der Waals surface area contributed by atoms with Gasteiger partial charge in [0.25, 0.3) is 0 Å². The summed E-state index contributed by atoms with van der Waals surface area (Å²) < 4.78 is 32.8. The molecule has 0 N–H and O–H groups in total. The van der Waals surface area contributed by atoms with Crippen LogP contribution in [0, 0.1) is 10.8 Å². The first kappa shape index (κ1) is 32.9. The zero-order valence-electron chi connectivity index (χ0n) is 26.8. The molecule has 2 aliphatic rings. The summed E-state index contributed by atoms with van der Waals surface area (Å²) in [4.78, 5) is 51.4. The number of benzene rings is 4. The van der Waals surface area contributed by atoms with Crippen LogP contribution in [-0.2, 0) is 18.9 Å². The molecule has 10 nitrogen and oxygen atoms in total. The van der Waals surface area contributed by atoms with Gasteiger partial charge in [-0.05, 0) is 84.3 Å². The van der Waals surface area contributed by atoms with Crippen molar-refractivity contribution in [1.82, 2.24) is 0 Å². The van der Waals surface area contributed by atoms with Crippen LogP contribution in [0.5, 0.6) is 11.5 Å². The summed E-state index contributed by atoms with van der Waals surface area (Å²) in [6, 6.07) is 22.5. The third kappa shape index (κ3) is 7.25. The van der Waals surface area contributed by atoms with Crippen molar-refractivity contribution < 1.29 is 47.6 Å². The molecule has 0 spiro atoms. The molecular formula is C38H36O10. The van der Waals surface area contributed by atoms with E-state index < -0.39 is 23.9 Å². The highest BCUT2D eigenvalue weighted by Gasteiger charge is 2.39. The van der Waals surface area contributed by atoms with E-state index in [4.69, 9.17) is 28.4 Å². The number of esters is 4. The van der Waals surface area contributed by atoms with E-state index in [0.29, 0.717) is 31.8 Å². The van der Waals surface area contributed by atoms with Crippen molar-refractivity contribution in [2.75, 3.05) is 39.6 Å². The minimum absolute atomic E-state index is 0.148. The molecular weight excluding hydrogens is 616 g/mol. The fraction of sp³-hybridized carbons (Fsp3) is 0.316. The molecule has 0 aliphatic carbocycles. The molecule has 4 aromatic rings. The number of carbonyl (C=O) groups is 4. The Labute approximate surface area is 277 Å². The van der Waals surface area contributed by atoms with Crippen LogP contribution in [-0.4, -0.2) is 63.5 Å². The van der Waals surface area contributed by atoms with Gasteiger partial charge in [-0.1, -0.05) is 38.1 Å². The van der Waals surface area contributed by atoms with Gasteiger partial charge in [-0.2, -0.15) is 0 Å². The van der Waals surface area contributed by atoms with Gasteiger partial charge in [-0.25, -0.2) is 19.2 Å². The Kier molecular flexibility index (Phi) is 9.56. The molecule has 6 rings (SSSR count). The highest BCUT2D eigenvalue weighted by atomic mass is 16.6. The first-order valence-electron chi connectivity index (χ1n) is 15.9. The van der Waals surface area contributed by atoms with E-state index >= 15 is 0 Å². The summed E-state index contributed by atoms with van der Waals surface area (Å²) in [5, 5.41) is 1.49. The molecule has 4 aromatic carbocycles. The van der Waals surface area contributed by atoms with Gasteiger partial charge in [0.05, 0.1) is 59.5 Å². The first-order chi connectivity index (χ1) is 23.2. The van der Waals surface area contributed by atoms with Gasteiger partial charge in [0.2, 0.25) is 0 Å². The smallest absolute Gasteiger partial charge is 0.343 e. The minimum Gasteiger partial charge on any atom is -0.461 e. The number of carbonyl (C=O) groups excluding carboxylic acids is 4. The summed E-state index contributed by atoms with van der Waals surface area (Å²) in [6.07, 6.45) is 1.68. The third-order valence-electron chi connectivity index (χ3n) is 9.02. The first-order valence-corrected chi connectivity index (χ1v) is 15.9. The maximum Gasteiger partial charge on any atom is 0.343 e. The molecule has 48 heavy (non-hydrogen) atoms. The average molecular weight is 653 g/mol.